The molecule has 0 aromatic carbocycles. The van der Waals surface area contributed by atoms with Gasteiger partial charge in [0.25, 0.3) is 0 Å². The van der Waals surface area contributed by atoms with Gasteiger partial charge in [0, 0.05) is 24.7 Å². The van der Waals surface area contributed by atoms with Crippen LogP contribution in [0.25, 0.3) is 0 Å². The van der Waals surface area contributed by atoms with Crippen molar-refractivity contribution < 1.29 is 0 Å². The molecule has 0 amide bonds. The van der Waals surface area contributed by atoms with Gasteiger partial charge in [-0.3, -0.25) is 4.90 Å². The van der Waals surface area contributed by atoms with Gasteiger partial charge in [-0.15, -0.1) is 0 Å². The average Bonchev–Trinajstić information content (AvgIpc) is 2.11. The van der Waals surface area contributed by atoms with Crippen LogP contribution in [-0.4, -0.2) is 29.6 Å². The molecule has 1 heterocycles. The fourth-order valence-corrected chi connectivity index (χ4v) is 1.54. The lowest BCUT2D eigenvalue weighted by atomic mass is 10.1. The third-order valence-electron chi connectivity index (χ3n) is 2.62. The molecule has 11 heavy (non-hydrogen) atoms. The molecule has 1 aliphatic rings. The highest BCUT2D eigenvalue weighted by Gasteiger charge is 2.32. The van der Waals surface area contributed by atoms with Crippen LogP contribution < -0.4 is 5.73 Å². The summed E-state index contributed by atoms with van der Waals surface area (Å²) in [6, 6.07) is 0.384. The molecule has 0 bridgehead atoms. The average molecular weight is 156 g/mol. The van der Waals surface area contributed by atoms with Crippen LogP contribution in [0.15, 0.2) is 0 Å². The minimum Gasteiger partial charge on any atom is -0.326 e. The Morgan fingerprint density at radius 1 is 1.27 bits per heavy atom. The summed E-state index contributed by atoms with van der Waals surface area (Å²) in [5, 5.41) is 0. The van der Waals surface area contributed by atoms with Gasteiger partial charge in [-0.2, -0.15) is 0 Å². The zero-order valence-electron chi connectivity index (χ0n) is 8.09. The van der Waals surface area contributed by atoms with Crippen molar-refractivity contribution in [2.45, 2.75) is 39.3 Å². The molecular formula is C9H20N2. The molecule has 2 heteroatoms. The Labute approximate surface area is 69.8 Å². The van der Waals surface area contributed by atoms with Crippen molar-refractivity contribution in [1.82, 2.24) is 4.90 Å². The molecule has 1 rings (SSSR count). The van der Waals surface area contributed by atoms with Gasteiger partial charge >= 0.3 is 0 Å². The lowest BCUT2D eigenvalue weighted by Crippen LogP contribution is -2.40. The summed E-state index contributed by atoms with van der Waals surface area (Å²) < 4.78 is 0. The molecule has 0 spiro atoms. The topological polar surface area (TPSA) is 29.3 Å². The second-order valence-electron chi connectivity index (χ2n) is 4.72. The van der Waals surface area contributed by atoms with E-state index in [0.717, 1.165) is 13.1 Å². The normalized spacial score (nSPS) is 34.6. The van der Waals surface area contributed by atoms with Crippen molar-refractivity contribution >= 4 is 0 Å². The van der Waals surface area contributed by atoms with Crippen molar-refractivity contribution in [3.8, 4) is 0 Å². The molecule has 1 saturated heterocycles. The van der Waals surface area contributed by atoms with Crippen molar-refractivity contribution in [2.24, 2.45) is 11.7 Å². The van der Waals surface area contributed by atoms with Gasteiger partial charge < -0.3 is 5.73 Å². The predicted octanol–water partition coefficient (Wildman–Crippen LogP) is 1.06. The van der Waals surface area contributed by atoms with Crippen LogP contribution in [-0.2, 0) is 0 Å². The standard InChI is InChI=1S/C9H20N2/c1-7-5-11(6-8(7)10)9(2,3)4/h7-8H,5-6,10H2,1-4H3/t7?,8-/m1/s1. The first-order valence-electron chi connectivity index (χ1n) is 4.42. The number of likely N-dealkylation sites (tertiary alicyclic amines) is 1. The fraction of sp³-hybridized carbons (Fsp3) is 1.00. The van der Waals surface area contributed by atoms with Crippen molar-refractivity contribution in [3.05, 3.63) is 0 Å². The number of hydrogen-bond donors (Lipinski definition) is 1. The maximum absolute atomic E-state index is 5.92. The Kier molecular flexibility index (Phi) is 2.26. The Balaban J connectivity index is 2.54. The van der Waals surface area contributed by atoms with E-state index in [0.29, 0.717) is 17.5 Å². The second-order valence-corrected chi connectivity index (χ2v) is 4.72. The van der Waals surface area contributed by atoms with Crippen LogP contribution in [0.2, 0.25) is 0 Å². The SMILES string of the molecule is CC1CN(C(C)(C)C)C[C@H]1N. The Morgan fingerprint density at radius 3 is 2.00 bits per heavy atom. The molecule has 66 valence electrons. The molecule has 0 aromatic heterocycles. The molecule has 1 fully saturated rings. The van der Waals surface area contributed by atoms with Gasteiger partial charge in [-0.25, -0.2) is 0 Å². The van der Waals surface area contributed by atoms with Gasteiger partial charge in [0.2, 0.25) is 0 Å². The van der Waals surface area contributed by atoms with Gasteiger partial charge in [-0.1, -0.05) is 6.92 Å². The summed E-state index contributed by atoms with van der Waals surface area (Å²) in [6.45, 7) is 11.2. The van der Waals surface area contributed by atoms with E-state index in [9.17, 15) is 0 Å². The van der Waals surface area contributed by atoms with E-state index in [1.807, 2.05) is 0 Å². The highest BCUT2D eigenvalue weighted by Crippen LogP contribution is 2.22. The zero-order valence-corrected chi connectivity index (χ0v) is 8.09. The molecule has 0 aromatic rings. The van der Waals surface area contributed by atoms with E-state index in [4.69, 9.17) is 5.73 Å². The van der Waals surface area contributed by atoms with Gasteiger partial charge in [0.1, 0.15) is 0 Å². The number of nitrogens with two attached hydrogens (primary N) is 1. The molecule has 0 saturated carbocycles. The van der Waals surface area contributed by atoms with E-state index in [2.05, 4.69) is 32.6 Å². The van der Waals surface area contributed by atoms with Crippen molar-refractivity contribution in [2.75, 3.05) is 13.1 Å². The first kappa shape index (κ1) is 9.01. The van der Waals surface area contributed by atoms with Crippen LogP contribution >= 0.6 is 0 Å². The first-order valence-corrected chi connectivity index (χ1v) is 4.42. The summed E-state index contributed by atoms with van der Waals surface area (Å²) in [5.74, 6) is 0.661. The second kappa shape index (κ2) is 2.76. The third kappa shape index (κ3) is 1.94. The maximum atomic E-state index is 5.92. The smallest absolute Gasteiger partial charge is 0.0206 e. The summed E-state index contributed by atoms with van der Waals surface area (Å²) in [6.07, 6.45) is 0. The van der Waals surface area contributed by atoms with Crippen LogP contribution in [0.4, 0.5) is 0 Å². The summed E-state index contributed by atoms with van der Waals surface area (Å²) in [5.41, 5.74) is 6.22. The van der Waals surface area contributed by atoms with E-state index >= 15 is 0 Å². The van der Waals surface area contributed by atoms with Crippen molar-refractivity contribution in [1.29, 1.82) is 0 Å². The molecular weight excluding hydrogens is 136 g/mol. The highest BCUT2D eigenvalue weighted by molar-refractivity contribution is 4.90. The molecule has 2 atom stereocenters. The fourth-order valence-electron chi connectivity index (χ4n) is 1.54. The van der Waals surface area contributed by atoms with E-state index in [-0.39, 0.29) is 0 Å². The quantitative estimate of drug-likeness (QED) is 0.568. The largest absolute Gasteiger partial charge is 0.326 e. The van der Waals surface area contributed by atoms with Crippen molar-refractivity contribution in [3.63, 3.8) is 0 Å². The summed E-state index contributed by atoms with van der Waals surface area (Å²) >= 11 is 0. The van der Waals surface area contributed by atoms with Crippen LogP contribution in [0.1, 0.15) is 27.7 Å². The maximum Gasteiger partial charge on any atom is 0.0206 e. The minimum absolute atomic E-state index is 0.294. The van der Waals surface area contributed by atoms with Gasteiger partial charge in [0.15, 0.2) is 0 Å². The molecule has 1 aliphatic heterocycles. The Morgan fingerprint density at radius 2 is 1.82 bits per heavy atom. The summed E-state index contributed by atoms with van der Waals surface area (Å²) in [4.78, 5) is 2.46. The minimum atomic E-state index is 0.294. The highest BCUT2D eigenvalue weighted by atomic mass is 15.2. The van der Waals surface area contributed by atoms with E-state index < -0.39 is 0 Å². The lowest BCUT2D eigenvalue weighted by molar-refractivity contribution is 0.168. The predicted molar refractivity (Wildman–Crippen MR) is 48.5 cm³/mol. The molecule has 2 nitrogen and oxygen atoms in total. The number of nitrogens with zero attached hydrogens (tertiary/aromatic N) is 1. The lowest BCUT2D eigenvalue weighted by Gasteiger charge is -2.31. The third-order valence-corrected chi connectivity index (χ3v) is 2.62. The number of rotatable bonds is 0. The first-order chi connectivity index (χ1) is 4.91. The zero-order chi connectivity index (χ0) is 8.65. The van der Waals surface area contributed by atoms with Gasteiger partial charge in [0.05, 0.1) is 0 Å². The number of hydrogen-bond acceptors (Lipinski definition) is 2. The molecule has 2 N–H and O–H groups in total. The van der Waals surface area contributed by atoms with E-state index in [1.54, 1.807) is 0 Å². The van der Waals surface area contributed by atoms with Gasteiger partial charge in [-0.05, 0) is 26.7 Å². The molecule has 0 aliphatic carbocycles. The van der Waals surface area contributed by atoms with E-state index in [1.165, 1.54) is 0 Å². The van der Waals surface area contributed by atoms with Crippen LogP contribution in [0.5, 0.6) is 0 Å². The summed E-state index contributed by atoms with van der Waals surface area (Å²) in [7, 11) is 0. The monoisotopic (exact) mass is 156 g/mol. The molecule has 1 unspecified atom stereocenters. The Hall–Kier alpha value is -0.0800. The van der Waals surface area contributed by atoms with Crippen LogP contribution in [0, 0.1) is 5.92 Å². The molecule has 0 radical (unpaired) electrons. The Bertz CT molecular complexity index is 127. The van der Waals surface area contributed by atoms with Crippen LogP contribution in [0.3, 0.4) is 0 Å².